The Morgan fingerprint density at radius 2 is 1.91 bits per heavy atom. The van der Waals surface area contributed by atoms with Crippen LogP contribution in [0, 0.1) is 5.82 Å². The van der Waals surface area contributed by atoms with Crippen LogP contribution in [0.1, 0.15) is 41.8 Å². The molecule has 1 saturated heterocycles. The molecule has 0 radical (unpaired) electrons. The van der Waals surface area contributed by atoms with E-state index in [0.717, 1.165) is 29.8 Å². The number of rotatable bonds is 11. The number of anilines is 1. The van der Waals surface area contributed by atoms with Crippen LogP contribution in [0.2, 0.25) is 0 Å². The van der Waals surface area contributed by atoms with Crippen molar-refractivity contribution < 1.29 is 23.5 Å². The Morgan fingerprint density at radius 3 is 2.57 bits per heavy atom. The molecule has 3 rings (SSSR count). The molecule has 0 aromatic heterocycles. The minimum atomic E-state index is -0.821. The van der Waals surface area contributed by atoms with Gasteiger partial charge in [0.2, 0.25) is 0 Å². The number of thiol groups is 1. The number of carbonyl (C=O) groups excluding carboxylic acids is 3. The zero-order chi connectivity index (χ0) is 25.4. The summed E-state index contributed by atoms with van der Waals surface area (Å²) in [7, 11) is 0. The van der Waals surface area contributed by atoms with Crippen LogP contribution in [0.15, 0.2) is 42.5 Å². The van der Waals surface area contributed by atoms with Gasteiger partial charge in [-0.25, -0.2) is 4.39 Å². The summed E-state index contributed by atoms with van der Waals surface area (Å²) < 4.78 is 18.0. The number of hydrogen-bond acceptors (Lipinski definition) is 7. The largest absolute Gasteiger partial charge is 0.458 e. The molecule has 3 N–H and O–H groups in total. The van der Waals surface area contributed by atoms with Crippen LogP contribution >= 0.6 is 12.6 Å². The van der Waals surface area contributed by atoms with E-state index >= 15 is 0 Å². The summed E-state index contributed by atoms with van der Waals surface area (Å²) in [6, 6.07) is 11.4. The molecule has 2 aromatic carbocycles. The lowest BCUT2D eigenvalue weighted by Gasteiger charge is -2.18. The van der Waals surface area contributed by atoms with Gasteiger partial charge in [-0.05, 0) is 61.6 Å². The molecular formula is C26H32FN3O4S. The number of hydrogen-bond donors (Lipinski definition) is 4. The minimum Gasteiger partial charge on any atom is -0.458 e. The molecule has 0 aliphatic carbocycles. The molecule has 9 heteroatoms. The number of aryl methyl sites for hydroxylation is 2. The fourth-order valence-corrected chi connectivity index (χ4v) is 4.25. The Hall–Kier alpha value is -2.91. The van der Waals surface area contributed by atoms with Gasteiger partial charge in [0.25, 0.3) is 5.91 Å². The van der Waals surface area contributed by atoms with Crippen molar-refractivity contribution in [1.82, 2.24) is 10.6 Å². The van der Waals surface area contributed by atoms with Gasteiger partial charge >= 0.3 is 5.97 Å². The van der Waals surface area contributed by atoms with E-state index in [1.165, 1.54) is 19.1 Å². The molecule has 1 heterocycles. The normalized spacial score (nSPS) is 18.1. The van der Waals surface area contributed by atoms with Gasteiger partial charge in [0.15, 0.2) is 12.4 Å². The Bertz CT molecular complexity index is 1050. The van der Waals surface area contributed by atoms with Crippen molar-refractivity contribution in [2.45, 2.75) is 50.4 Å². The average molecular weight is 502 g/mol. The number of ether oxygens (including phenoxy) is 1. The summed E-state index contributed by atoms with van der Waals surface area (Å²) in [6.07, 6.45) is 2.15. The molecule has 1 aliphatic rings. The molecule has 2 aromatic rings. The number of halogens is 1. The lowest BCUT2D eigenvalue weighted by Crippen LogP contribution is -2.40. The Labute approximate surface area is 210 Å². The van der Waals surface area contributed by atoms with Crippen LogP contribution in [0.3, 0.4) is 0 Å². The van der Waals surface area contributed by atoms with Crippen LogP contribution in [-0.2, 0) is 27.2 Å². The average Bonchev–Trinajstić information content (AvgIpc) is 3.25. The standard InChI is InChI=1S/C26H32FN3O4S/c1-16(25(32)15-34-17(2)31)30-26(33)24-12-21(28-13-22-11-23(35)14-29-22)10-7-19(24)6-3-18-4-8-20(27)9-5-18/h4-5,7-10,12,16,22-23,28-29,35H,3,6,11,13-15H2,1-2H3,(H,30,33)/t16-,22-,23-/m0/s1. The molecule has 0 bridgehead atoms. The summed E-state index contributed by atoms with van der Waals surface area (Å²) in [4.78, 5) is 36.4. The van der Waals surface area contributed by atoms with Crippen LogP contribution in [-0.4, -0.2) is 54.7 Å². The molecule has 3 atom stereocenters. The van der Waals surface area contributed by atoms with Crippen LogP contribution in [0.4, 0.5) is 10.1 Å². The molecule has 0 saturated carbocycles. The molecule has 1 aliphatic heterocycles. The van der Waals surface area contributed by atoms with E-state index in [1.807, 2.05) is 12.1 Å². The maximum absolute atomic E-state index is 13.2. The first-order valence-electron chi connectivity index (χ1n) is 11.7. The van der Waals surface area contributed by atoms with Crippen molar-refractivity contribution >= 4 is 36.0 Å². The van der Waals surface area contributed by atoms with Gasteiger partial charge in [-0.15, -0.1) is 0 Å². The Balaban J connectivity index is 1.72. The highest BCUT2D eigenvalue weighted by molar-refractivity contribution is 7.81. The number of benzene rings is 2. The number of carbonyl (C=O) groups is 3. The number of ketones is 1. The topological polar surface area (TPSA) is 96.5 Å². The third-order valence-corrected chi connectivity index (χ3v) is 6.34. The molecule has 0 unspecified atom stereocenters. The SMILES string of the molecule is CC(=O)OCC(=O)[C@H](C)NC(=O)c1cc(NC[C@@H]2C[C@H](S)CN2)ccc1CCc1ccc(F)cc1. The highest BCUT2D eigenvalue weighted by atomic mass is 32.1. The first-order chi connectivity index (χ1) is 16.7. The van der Waals surface area contributed by atoms with Gasteiger partial charge in [0, 0.05) is 42.6 Å². The Kier molecular flexibility index (Phi) is 9.68. The number of nitrogens with one attached hydrogen (secondary N) is 3. The Morgan fingerprint density at radius 1 is 1.17 bits per heavy atom. The van der Waals surface area contributed by atoms with Crippen molar-refractivity contribution in [2.75, 3.05) is 25.0 Å². The minimum absolute atomic E-state index is 0.294. The van der Waals surface area contributed by atoms with Crippen LogP contribution < -0.4 is 16.0 Å². The zero-order valence-electron chi connectivity index (χ0n) is 20.0. The second kappa shape index (κ2) is 12.7. The second-order valence-electron chi connectivity index (χ2n) is 8.82. The van der Waals surface area contributed by atoms with E-state index in [2.05, 4.69) is 28.6 Å². The van der Waals surface area contributed by atoms with Gasteiger partial charge in [0.1, 0.15) is 5.82 Å². The highest BCUT2D eigenvalue weighted by Crippen LogP contribution is 2.20. The van der Waals surface area contributed by atoms with Gasteiger partial charge in [0.05, 0.1) is 6.04 Å². The van der Waals surface area contributed by atoms with Crippen molar-refractivity contribution in [1.29, 1.82) is 0 Å². The summed E-state index contributed by atoms with van der Waals surface area (Å²) in [6.45, 7) is 3.95. The van der Waals surface area contributed by atoms with Crippen molar-refractivity contribution in [2.24, 2.45) is 0 Å². The van der Waals surface area contributed by atoms with E-state index in [4.69, 9.17) is 4.74 Å². The van der Waals surface area contributed by atoms with Gasteiger partial charge < -0.3 is 20.7 Å². The summed E-state index contributed by atoms with van der Waals surface area (Å²) >= 11 is 4.50. The molecular weight excluding hydrogens is 469 g/mol. The van der Waals surface area contributed by atoms with E-state index in [-0.39, 0.29) is 11.7 Å². The molecule has 0 spiro atoms. The van der Waals surface area contributed by atoms with Crippen molar-refractivity contribution in [3.63, 3.8) is 0 Å². The molecule has 35 heavy (non-hydrogen) atoms. The predicted octanol–water partition coefficient (Wildman–Crippen LogP) is 2.93. The summed E-state index contributed by atoms with van der Waals surface area (Å²) in [5.74, 6) is -1.64. The zero-order valence-corrected chi connectivity index (χ0v) is 20.9. The van der Waals surface area contributed by atoms with Crippen LogP contribution in [0.5, 0.6) is 0 Å². The molecule has 7 nitrogen and oxygen atoms in total. The molecule has 1 amide bonds. The maximum Gasteiger partial charge on any atom is 0.303 e. The second-order valence-corrected chi connectivity index (χ2v) is 9.55. The number of esters is 1. The van der Waals surface area contributed by atoms with Crippen LogP contribution in [0.25, 0.3) is 0 Å². The van der Waals surface area contributed by atoms with E-state index in [9.17, 15) is 18.8 Å². The van der Waals surface area contributed by atoms with Gasteiger partial charge in [-0.3, -0.25) is 14.4 Å². The quantitative estimate of drug-likeness (QED) is 0.279. The van der Waals surface area contributed by atoms with E-state index in [0.29, 0.717) is 36.2 Å². The number of amides is 1. The number of Topliss-reactive ketones (excluding diaryl/α,β-unsaturated/α-hetero) is 1. The molecule has 188 valence electrons. The van der Waals surface area contributed by atoms with Gasteiger partial charge in [-0.2, -0.15) is 12.6 Å². The first kappa shape index (κ1) is 26.7. The third-order valence-electron chi connectivity index (χ3n) is 5.95. The fourth-order valence-electron chi connectivity index (χ4n) is 3.89. The molecule has 1 fully saturated rings. The first-order valence-corrected chi connectivity index (χ1v) is 12.2. The third kappa shape index (κ3) is 8.36. The monoisotopic (exact) mass is 501 g/mol. The lowest BCUT2D eigenvalue weighted by molar-refractivity contribution is -0.146. The van der Waals surface area contributed by atoms with E-state index < -0.39 is 24.4 Å². The lowest BCUT2D eigenvalue weighted by atomic mass is 9.98. The maximum atomic E-state index is 13.2. The smallest absolute Gasteiger partial charge is 0.303 e. The van der Waals surface area contributed by atoms with Crippen molar-refractivity contribution in [3.05, 3.63) is 65.0 Å². The predicted molar refractivity (Wildman–Crippen MR) is 136 cm³/mol. The van der Waals surface area contributed by atoms with Gasteiger partial charge in [-0.1, -0.05) is 18.2 Å². The highest BCUT2D eigenvalue weighted by Gasteiger charge is 2.22. The van der Waals surface area contributed by atoms with E-state index in [1.54, 1.807) is 25.1 Å². The fraction of sp³-hybridized carbons (Fsp3) is 0.423. The summed E-state index contributed by atoms with van der Waals surface area (Å²) in [5.41, 5.74) is 3.02. The summed E-state index contributed by atoms with van der Waals surface area (Å²) in [5, 5.41) is 9.84. The van der Waals surface area contributed by atoms with Crippen molar-refractivity contribution in [3.8, 4) is 0 Å².